The molecule has 0 saturated heterocycles. The summed E-state index contributed by atoms with van der Waals surface area (Å²) >= 11 is 0. The molecule has 0 aromatic rings. The number of rotatable bonds is 18. The normalized spacial score (nSPS) is 11.0. The molecule has 0 radical (unpaired) electrons. The van der Waals surface area contributed by atoms with E-state index < -0.39 is 5.60 Å². The van der Waals surface area contributed by atoms with Gasteiger partial charge in [0.05, 0.1) is 5.60 Å². The number of hydrogen-bond donors (Lipinski definition) is 2. The molecule has 0 fully saturated rings. The SMILES string of the molecule is CCCCCCCCCCCCCCCCCCCC(C)(C)O.[Cl-].[NH4+]. The van der Waals surface area contributed by atoms with Crippen molar-refractivity contribution in [2.24, 2.45) is 0 Å². The molecule has 0 amide bonds. The number of quaternary nitrogens is 1. The third-order valence-corrected chi connectivity index (χ3v) is 4.89. The van der Waals surface area contributed by atoms with Gasteiger partial charge in [-0.25, -0.2) is 0 Å². The fourth-order valence-electron chi connectivity index (χ4n) is 3.28. The molecule has 0 heterocycles. The van der Waals surface area contributed by atoms with Crippen LogP contribution in [0.4, 0.5) is 0 Å². The van der Waals surface area contributed by atoms with Crippen LogP contribution in [0.3, 0.4) is 0 Å². The van der Waals surface area contributed by atoms with Crippen LogP contribution in [-0.4, -0.2) is 10.7 Å². The lowest BCUT2D eigenvalue weighted by molar-refractivity contribution is -0.0000148. The highest BCUT2D eigenvalue weighted by molar-refractivity contribution is 4.64. The van der Waals surface area contributed by atoms with Crippen molar-refractivity contribution in [2.45, 2.75) is 142 Å². The van der Waals surface area contributed by atoms with Crippen LogP contribution in [0.15, 0.2) is 0 Å². The van der Waals surface area contributed by atoms with Crippen LogP contribution in [-0.2, 0) is 0 Å². The van der Waals surface area contributed by atoms with Crippen molar-refractivity contribution in [1.29, 1.82) is 0 Å². The van der Waals surface area contributed by atoms with Crippen LogP contribution >= 0.6 is 0 Å². The lowest BCUT2D eigenvalue weighted by Gasteiger charge is -2.16. The summed E-state index contributed by atoms with van der Waals surface area (Å²) < 4.78 is 0. The summed E-state index contributed by atoms with van der Waals surface area (Å²) in [6.07, 6.45) is 24.9. The number of halogens is 1. The molecule has 0 rings (SSSR count). The standard InChI is InChI=1S/C22H46O.ClH.H3N/c1-4-5-6-7-8-9-10-11-12-13-14-15-16-17-18-19-20-21-22(2,3)23;;/h23H,4-21H2,1-3H3;1H;1H3. The quantitative estimate of drug-likeness (QED) is 0.317. The Balaban J connectivity index is -0.00000242. The van der Waals surface area contributed by atoms with E-state index in [-0.39, 0.29) is 18.6 Å². The Labute approximate surface area is 165 Å². The first-order valence-corrected chi connectivity index (χ1v) is 10.8. The Kier molecular flexibility index (Phi) is 26.7. The summed E-state index contributed by atoms with van der Waals surface area (Å²) in [5, 5.41) is 9.64. The maximum Gasteiger partial charge on any atom is 0.0591 e. The summed E-state index contributed by atoms with van der Waals surface area (Å²) in [4.78, 5) is 0. The van der Waals surface area contributed by atoms with E-state index in [1.807, 2.05) is 13.8 Å². The molecule has 3 heteroatoms. The maximum absolute atomic E-state index is 9.64. The minimum atomic E-state index is -0.463. The van der Waals surface area contributed by atoms with E-state index in [0.29, 0.717) is 0 Å². The zero-order valence-corrected chi connectivity index (χ0v) is 18.8. The van der Waals surface area contributed by atoms with E-state index in [1.165, 1.54) is 109 Å². The molecule has 0 atom stereocenters. The van der Waals surface area contributed by atoms with E-state index in [0.717, 1.165) is 6.42 Å². The van der Waals surface area contributed by atoms with Gasteiger partial charge in [0, 0.05) is 0 Å². The Bertz CT molecular complexity index is 229. The second kappa shape index (κ2) is 22.3. The van der Waals surface area contributed by atoms with Crippen molar-refractivity contribution in [3.8, 4) is 0 Å². The third-order valence-electron chi connectivity index (χ3n) is 4.89. The Morgan fingerprint density at radius 1 is 0.520 bits per heavy atom. The van der Waals surface area contributed by atoms with Crippen LogP contribution in [0.1, 0.15) is 136 Å². The Morgan fingerprint density at radius 3 is 1.00 bits per heavy atom. The van der Waals surface area contributed by atoms with Gasteiger partial charge in [-0.1, -0.05) is 116 Å². The highest BCUT2D eigenvalue weighted by Crippen LogP contribution is 2.16. The smallest absolute Gasteiger partial charge is 0.0591 e. The van der Waals surface area contributed by atoms with Crippen LogP contribution in [0.5, 0.6) is 0 Å². The zero-order valence-electron chi connectivity index (χ0n) is 18.1. The van der Waals surface area contributed by atoms with Crippen molar-refractivity contribution in [2.75, 3.05) is 0 Å². The van der Waals surface area contributed by atoms with Gasteiger partial charge >= 0.3 is 0 Å². The first-order valence-electron chi connectivity index (χ1n) is 10.8. The van der Waals surface area contributed by atoms with Gasteiger partial charge in [-0.05, 0) is 20.3 Å². The lowest BCUT2D eigenvalue weighted by Crippen LogP contribution is -3.00. The second-order valence-electron chi connectivity index (χ2n) is 8.22. The fraction of sp³-hybridized carbons (Fsp3) is 1.00. The molecule has 5 N–H and O–H groups in total. The summed E-state index contributed by atoms with van der Waals surface area (Å²) in [7, 11) is 0. The molecule has 0 aromatic heterocycles. The molecule has 25 heavy (non-hydrogen) atoms. The first-order chi connectivity index (χ1) is 11.1. The third kappa shape index (κ3) is 29.2. The minimum Gasteiger partial charge on any atom is -1.00 e. The zero-order chi connectivity index (χ0) is 17.2. The molecular formula is C22H50ClNO. The summed E-state index contributed by atoms with van der Waals surface area (Å²) in [5.41, 5.74) is -0.463. The van der Waals surface area contributed by atoms with Gasteiger partial charge in [0.15, 0.2) is 0 Å². The van der Waals surface area contributed by atoms with Gasteiger partial charge in [0.2, 0.25) is 0 Å². The predicted octanol–water partition coefficient (Wildman–Crippen LogP) is 5.18. The molecule has 0 bridgehead atoms. The van der Waals surface area contributed by atoms with E-state index in [2.05, 4.69) is 6.92 Å². The highest BCUT2D eigenvalue weighted by atomic mass is 35.5. The van der Waals surface area contributed by atoms with Gasteiger partial charge in [0.25, 0.3) is 0 Å². The Hall–Kier alpha value is 0.210. The molecule has 0 aromatic carbocycles. The van der Waals surface area contributed by atoms with Crippen LogP contribution in [0.2, 0.25) is 0 Å². The second-order valence-corrected chi connectivity index (χ2v) is 8.22. The van der Waals surface area contributed by atoms with Gasteiger partial charge < -0.3 is 23.7 Å². The van der Waals surface area contributed by atoms with Crippen molar-refractivity contribution in [3.05, 3.63) is 0 Å². The van der Waals surface area contributed by atoms with Crippen molar-refractivity contribution in [1.82, 2.24) is 6.15 Å². The lowest BCUT2D eigenvalue weighted by atomic mass is 9.99. The molecule has 0 unspecified atom stereocenters. The first kappa shape index (κ1) is 30.0. The number of hydrogen-bond acceptors (Lipinski definition) is 1. The van der Waals surface area contributed by atoms with E-state index in [9.17, 15) is 5.11 Å². The van der Waals surface area contributed by atoms with E-state index >= 15 is 0 Å². The van der Waals surface area contributed by atoms with Crippen LogP contribution < -0.4 is 18.6 Å². The van der Waals surface area contributed by atoms with Crippen molar-refractivity contribution >= 4 is 0 Å². The summed E-state index contributed by atoms with van der Waals surface area (Å²) in [6.45, 7) is 6.12. The summed E-state index contributed by atoms with van der Waals surface area (Å²) in [5.74, 6) is 0. The van der Waals surface area contributed by atoms with E-state index in [4.69, 9.17) is 0 Å². The molecule has 2 nitrogen and oxygen atoms in total. The molecule has 0 saturated carbocycles. The topological polar surface area (TPSA) is 56.7 Å². The fourth-order valence-corrected chi connectivity index (χ4v) is 3.28. The number of aliphatic hydroxyl groups is 1. The molecule has 0 aliphatic carbocycles. The molecule has 0 aliphatic heterocycles. The van der Waals surface area contributed by atoms with Gasteiger partial charge in [-0.3, -0.25) is 0 Å². The molecule has 0 spiro atoms. The highest BCUT2D eigenvalue weighted by Gasteiger charge is 2.10. The van der Waals surface area contributed by atoms with Crippen LogP contribution in [0, 0.1) is 0 Å². The van der Waals surface area contributed by atoms with Gasteiger partial charge in [-0.15, -0.1) is 0 Å². The monoisotopic (exact) mass is 379 g/mol. The molecule has 0 aliphatic rings. The predicted molar refractivity (Wildman–Crippen MR) is 111 cm³/mol. The van der Waals surface area contributed by atoms with E-state index in [1.54, 1.807) is 0 Å². The largest absolute Gasteiger partial charge is 1.00 e. The number of unbranched alkanes of at least 4 members (excludes halogenated alkanes) is 16. The average molecular weight is 380 g/mol. The average Bonchev–Trinajstić information content (AvgIpc) is 2.49. The van der Waals surface area contributed by atoms with Gasteiger partial charge in [-0.2, -0.15) is 0 Å². The molecule has 156 valence electrons. The maximum atomic E-state index is 9.64. The molecular weight excluding hydrogens is 330 g/mol. The van der Waals surface area contributed by atoms with Crippen molar-refractivity contribution < 1.29 is 17.5 Å². The van der Waals surface area contributed by atoms with Crippen molar-refractivity contribution in [3.63, 3.8) is 0 Å². The van der Waals surface area contributed by atoms with Gasteiger partial charge in [0.1, 0.15) is 0 Å². The summed E-state index contributed by atoms with van der Waals surface area (Å²) in [6, 6.07) is 0. The minimum absolute atomic E-state index is 0. The Morgan fingerprint density at radius 2 is 0.760 bits per heavy atom. The van der Waals surface area contributed by atoms with Crippen LogP contribution in [0.25, 0.3) is 0 Å².